The van der Waals surface area contributed by atoms with Crippen LogP contribution in [0.5, 0.6) is 0 Å². The fourth-order valence-corrected chi connectivity index (χ4v) is 4.09. The van der Waals surface area contributed by atoms with Crippen molar-refractivity contribution in [2.75, 3.05) is 11.9 Å². The number of hydrogen-bond acceptors (Lipinski definition) is 3. The van der Waals surface area contributed by atoms with Crippen LogP contribution in [0, 0.1) is 23.6 Å². The summed E-state index contributed by atoms with van der Waals surface area (Å²) in [5, 5.41) is 9.66. The molecule has 0 aliphatic heterocycles. The molecule has 2 aliphatic carbocycles. The number of nitrogens with one attached hydrogen (secondary N) is 2. The van der Waals surface area contributed by atoms with E-state index in [-0.39, 0.29) is 29.2 Å². The van der Waals surface area contributed by atoms with Crippen LogP contribution in [0.4, 0.5) is 10.1 Å². The Morgan fingerprint density at radius 2 is 2.11 bits per heavy atom. The van der Waals surface area contributed by atoms with Crippen LogP contribution >= 0.6 is 0 Å². The first-order valence-corrected chi connectivity index (χ1v) is 9.64. The zero-order valence-electron chi connectivity index (χ0n) is 15.5. The summed E-state index contributed by atoms with van der Waals surface area (Å²) in [5.74, 6) is -0.330. The lowest BCUT2D eigenvalue weighted by Gasteiger charge is -2.18. The first kappa shape index (κ1) is 18.4. The third-order valence-corrected chi connectivity index (χ3v) is 5.45. The molecular formula is C21H23FN4O2. The van der Waals surface area contributed by atoms with E-state index in [1.165, 1.54) is 18.2 Å². The Hall–Kier alpha value is -2.96. The molecule has 28 heavy (non-hydrogen) atoms. The molecule has 0 unspecified atom stereocenters. The molecule has 2 aromatic rings. The van der Waals surface area contributed by atoms with Gasteiger partial charge in [-0.2, -0.15) is 5.10 Å². The Kier molecular flexibility index (Phi) is 5.23. The second-order valence-corrected chi connectivity index (χ2v) is 7.48. The molecule has 2 aliphatic rings. The summed E-state index contributed by atoms with van der Waals surface area (Å²) < 4.78 is 15.8. The number of carbonyl (C=O) groups is 2. The first-order valence-electron chi connectivity index (χ1n) is 9.64. The van der Waals surface area contributed by atoms with Gasteiger partial charge in [-0.3, -0.25) is 14.3 Å². The fraction of sp³-hybridized carbons (Fsp3) is 0.381. The van der Waals surface area contributed by atoms with Gasteiger partial charge in [-0.25, -0.2) is 4.39 Å². The normalized spacial score (nSPS) is 22.4. The molecule has 2 N–H and O–H groups in total. The molecule has 4 rings (SSSR count). The van der Waals surface area contributed by atoms with Crippen molar-refractivity contribution in [1.82, 2.24) is 15.1 Å². The van der Waals surface area contributed by atoms with Gasteiger partial charge in [0.25, 0.3) is 5.91 Å². The number of carbonyl (C=O) groups excluding carboxylic acids is 2. The van der Waals surface area contributed by atoms with Crippen molar-refractivity contribution in [3.63, 3.8) is 0 Å². The lowest BCUT2D eigenvalue weighted by atomic mass is 9.93. The van der Waals surface area contributed by atoms with Crippen LogP contribution in [0.1, 0.15) is 29.6 Å². The highest BCUT2D eigenvalue weighted by molar-refractivity contribution is 5.98. The van der Waals surface area contributed by atoms with Crippen molar-refractivity contribution in [2.24, 2.45) is 17.8 Å². The van der Waals surface area contributed by atoms with Crippen molar-refractivity contribution in [1.29, 1.82) is 0 Å². The summed E-state index contributed by atoms with van der Waals surface area (Å²) in [7, 11) is 0. The molecule has 0 radical (unpaired) electrons. The van der Waals surface area contributed by atoms with Crippen LogP contribution in [0.15, 0.2) is 48.8 Å². The number of allylic oxidation sites excluding steroid dienone is 2. The summed E-state index contributed by atoms with van der Waals surface area (Å²) in [5.41, 5.74) is 0.515. The third kappa shape index (κ3) is 4.13. The molecule has 7 heteroatoms. The van der Waals surface area contributed by atoms with Crippen molar-refractivity contribution in [3.8, 4) is 0 Å². The topological polar surface area (TPSA) is 76.0 Å². The zero-order chi connectivity index (χ0) is 19.5. The molecule has 1 aromatic carbocycles. The van der Waals surface area contributed by atoms with Gasteiger partial charge in [-0.15, -0.1) is 0 Å². The number of aromatic nitrogens is 2. The Bertz CT molecular complexity index is 894. The number of fused-ring (bicyclic) bond motifs is 2. The van der Waals surface area contributed by atoms with Gasteiger partial charge in [0.05, 0.1) is 0 Å². The average molecular weight is 382 g/mol. The molecule has 2 amide bonds. The van der Waals surface area contributed by atoms with Gasteiger partial charge in [0.15, 0.2) is 0 Å². The van der Waals surface area contributed by atoms with Crippen LogP contribution in [-0.2, 0) is 11.3 Å². The van der Waals surface area contributed by atoms with E-state index in [1.54, 1.807) is 10.9 Å². The van der Waals surface area contributed by atoms with E-state index in [2.05, 4.69) is 27.9 Å². The summed E-state index contributed by atoms with van der Waals surface area (Å²) in [6.45, 7) is 1.14. The smallest absolute Gasteiger partial charge is 0.251 e. The highest BCUT2D eigenvalue weighted by Gasteiger charge is 2.39. The molecule has 146 valence electrons. The van der Waals surface area contributed by atoms with Crippen molar-refractivity contribution >= 4 is 17.5 Å². The van der Waals surface area contributed by atoms with Gasteiger partial charge in [0, 0.05) is 42.7 Å². The van der Waals surface area contributed by atoms with E-state index < -0.39 is 5.82 Å². The summed E-state index contributed by atoms with van der Waals surface area (Å²) in [6.07, 6.45) is 10.4. The standard InChI is InChI=1S/C21H23FN4O2/c22-17-11-16(20(27)23-5-1-7-26-8-2-6-24-26)12-18(13-17)25-21(28)19-10-14-3-4-15(19)9-14/h2-4,6,8,11-15,19H,1,5,7,9-10H2,(H,23,27)(H,25,28)/t14-,15+,19-/m1/s1. The van der Waals surface area contributed by atoms with Gasteiger partial charge in [0.2, 0.25) is 5.91 Å². The highest BCUT2D eigenvalue weighted by Crippen LogP contribution is 2.43. The Labute approximate surface area is 162 Å². The number of halogens is 1. The van der Waals surface area contributed by atoms with E-state index >= 15 is 0 Å². The molecule has 3 atom stereocenters. The lowest BCUT2D eigenvalue weighted by Crippen LogP contribution is -2.27. The monoisotopic (exact) mass is 382 g/mol. The van der Waals surface area contributed by atoms with Crippen LogP contribution in [0.25, 0.3) is 0 Å². The van der Waals surface area contributed by atoms with Gasteiger partial charge in [0.1, 0.15) is 5.82 Å². The quantitative estimate of drug-likeness (QED) is 0.571. The second-order valence-electron chi connectivity index (χ2n) is 7.48. The molecule has 1 aromatic heterocycles. The first-order chi connectivity index (χ1) is 13.6. The molecule has 0 saturated heterocycles. The maximum absolute atomic E-state index is 14.0. The number of rotatable bonds is 7. The third-order valence-electron chi connectivity index (χ3n) is 5.45. The minimum Gasteiger partial charge on any atom is -0.352 e. The van der Waals surface area contributed by atoms with Crippen molar-refractivity contribution < 1.29 is 14.0 Å². The number of anilines is 1. The predicted octanol–water partition coefficient (Wildman–Crippen LogP) is 2.99. The number of amides is 2. The number of aryl methyl sites for hydroxylation is 1. The zero-order valence-corrected chi connectivity index (χ0v) is 15.5. The Morgan fingerprint density at radius 3 is 2.82 bits per heavy atom. The van der Waals surface area contributed by atoms with Gasteiger partial charge in [-0.05, 0) is 55.4 Å². The molecule has 1 saturated carbocycles. The number of nitrogens with zero attached hydrogens (tertiary/aromatic N) is 2. The largest absolute Gasteiger partial charge is 0.352 e. The number of hydrogen-bond donors (Lipinski definition) is 2. The predicted molar refractivity (Wildman–Crippen MR) is 103 cm³/mol. The molecule has 1 fully saturated rings. The van der Waals surface area contributed by atoms with Gasteiger partial charge < -0.3 is 10.6 Å². The molecule has 2 bridgehead atoms. The second kappa shape index (κ2) is 7.96. The highest BCUT2D eigenvalue weighted by atomic mass is 19.1. The van der Waals surface area contributed by atoms with Crippen LogP contribution in [0.3, 0.4) is 0 Å². The van der Waals surface area contributed by atoms with E-state index in [9.17, 15) is 14.0 Å². The molecular weight excluding hydrogens is 359 g/mol. The fourth-order valence-electron chi connectivity index (χ4n) is 4.09. The molecule has 6 nitrogen and oxygen atoms in total. The summed E-state index contributed by atoms with van der Waals surface area (Å²) >= 11 is 0. The average Bonchev–Trinajstić information content (AvgIpc) is 3.42. The maximum Gasteiger partial charge on any atom is 0.251 e. The van der Waals surface area contributed by atoms with Gasteiger partial charge in [-0.1, -0.05) is 12.2 Å². The minimum atomic E-state index is -0.549. The van der Waals surface area contributed by atoms with Gasteiger partial charge >= 0.3 is 0 Å². The Balaban J connectivity index is 1.33. The Morgan fingerprint density at radius 1 is 1.21 bits per heavy atom. The van der Waals surface area contributed by atoms with E-state index in [4.69, 9.17) is 0 Å². The van der Waals surface area contributed by atoms with Crippen molar-refractivity contribution in [2.45, 2.75) is 25.8 Å². The maximum atomic E-state index is 14.0. The number of benzene rings is 1. The minimum absolute atomic E-state index is 0.0714. The van der Waals surface area contributed by atoms with Crippen molar-refractivity contribution in [3.05, 3.63) is 60.2 Å². The van der Waals surface area contributed by atoms with Crippen LogP contribution in [-0.4, -0.2) is 28.1 Å². The summed E-state index contributed by atoms with van der Waals surface area (Å²) in [4.78, 5) is 24.9. The van der Waals surface area contributed by atoms with E-state index in [0.29, 0.717) is 31.1 Å². The lowest BCUT2D eigenvalue weighted by molar-refractivity contribution is -0.120. The molecule has 0 spiro atoms. The van der Waals surface area contributed by atoms with Crippen LogP contribution < -0.4 is 10.6 Å². The van der Waals surface area contributed by atoms with E-state index in [1.807, 2.05) is 12.3 Å². The van der Waals surface area contributed by atoms with Crippen LogP contribution in [0.2, 0.25) is 0 Å². The van der Waals surface area contributed by atoms with E-state index in [0.717, 1.165) is 12.8 Å². The molecule has 1 heterocycles. The SMILES string of the molecule is O=C(NCCCn1cccn1)c1cc(F)cc(NC(=O)[C@@H]2C[C@@H]3C=C[C@H]2C3)c1. The summed E-state index contributed by atoms with van der Waals surface area (Å²) in [6, 6.07) is 5.79.